The van der Waals surface area contributed by atoms with Gasteiger partial charge in [-0.2, -0.15) is 5.10 Å². The number of aromatic nitrogens is 2. The predicted molar refractivity (Wildman–Crippen MR) is 64.7 cm³/mol. The minimum Gasteiger partial charge on any atom is -0.382 e. The van der Waals surface area contributed by atoms with E-state index in [-0.39, 0.29) is 5.82 Å². The highest BCUT2D eigenvalue weighted by molar-refractivity contribution is 5.50. The van der Waals surface area contributed by atoms with Gasteiger partial charge in [-0.25, -0.2) is 9.07 Å². The maximum Gasteiger partial charge on any atom is 0.149 e. The van der Waals surface area contributed by atoms with Gasteiger partial charge in [0.2, 0.25) is 0 Å². The Morgan fingerprint density at radius 2 is 2.18 bits per heavy atom. The molecular formula is C13H14FN3. The van der Waals surface area contributed by atoms with Crippen LogP contribution in [0.5, 0.6) is 0 Å². The first-order chi connectivity index (χ1) is 8.16. The van der Waals surface area contributed by atoms with Crippen LogP contribution in [0.25, 0.3) is 5.69 Å². The van der Waals surface area contributed by atoms with Gasteiger partial charge in [0.05, 0.1) is 0 Å². The molecule has 1 heterocycles. The van der Waals surface area contributed by atoms with Crippen LogP contribution < -0.4 is 5.73 Å². The number of fused-ring (bicyclic) bond motifs is 1. The summed E-state index contributed by atoms with van der Waals surface area (Å²) in [5.74, 6) is 0.284. The van der Waals surface area contributed by atoms with Gasteiger partial charge in [0.1, 0.15) is 17.3 Å². The predicted octanol–water partition coefficient (Wildman–Crippen LogP) is 2.39. The number of hydrogen-bond acceptors (Lipinski definition) is 2. The molecule has 0 unspecified atom stereocenters. The van der Waals surface area contributed by atoms with E-state index in [9.17, 15) is 4.39 Å². The lowest BCUT2D eigenvalue weighted by atomic mass is 10.2. The van der Waals surface area contributed by atoms with Gasteiger partial charge in [0.15, 0.2) is 0 Å². The second-order valence-electron chi connectivity index (χ2n) is 4.53. The van der Waals surface area contributed by atoms with Crippen molar-refractivity contribution in [2.75, 3.05) is 5.73 Å². The highest BCUT2D eigenvalue weighted by Crippen LogP contribution is 2.29. The number of benzene rings is 1. The van der Waals surface area contributed by atoms with Crippen LogP contribution in [0.15, 0.2) is 18.2 Å². The summed E-state index contributed by atoms with van der Waals surface area (Å²) in [4.78, 5) is 0. The van der Waals surface area contributed by atoms with Gasteiger partial charge >= 0.3 is 0 Å². The van der Waals surface area contributed by atoms with E-state index in [1.165, 1.54) is 6.07 Å². The van der Waals surface area contributed by atoms with E-state index in [0.717, 1.165) is 36.1 Å². The quantitative estimate of drug-likeness (QED) is 0.819. The van der Waals surface area contributed by atoms with Crippen molar-refractivity contribution in [3.05, 3.63) is 40.8 Å². The molecule has 2 aromatic rings. The third kappa shape index (κ3) is 1.52. The maximum absolute atomic E-state index is 13.8. The van der Waals surface area contributed by atoms with Gasteiger partial charge in [-0.3, -0.25) is 0 Å². The van der Waals surface area contributed by atoms with Crippen LogP contribution >= 0.6 is 0 Å². The summed E-state index contributed by atoms with van der Waals surface area (Å²) in [6, 6.07) is 5.04. The van der Waals surface area contributed by atoms with Crippen LogP contribution in [-0.4, -0.2) is 9.78 Å². The number of halogens is 1. The largest absolute Gasteiger partial charge is 0.382 e. The molecular weight excluding hydrogens is 217 g/mol. The molecule has 4 heteroatoms. The average Bonchev–Trinajstić information content (AvgIpc) is 2.87. The summed E-state index contributed by atoms with van der Waals surface area (Å²) in [5, 5.41) is 4.26. The van der Waals surface area contributed by atoms with Gasteiger partial charge < -0.3 is 5.73 Å². The molecule has 0 atom stereocenters. The van der Waals surface area contributed by atoms with Crippen LogP contribution in [0.2, 0.25) is 0 Å². The van der Waals surface area contributed by atoms with E-state index in [2.05, 4.69) is 5.10 Å². The van der Waals surface area contributed by atoms with E-state index < -0.39 is 0 Å². The number of anilines is 1. The Bertz CT molecular complexity index is 587. The molecule has 3 nitrogen and oxygen atoms in total. The lowest BCUT2D eigenvalue weighted by Crippen LogP contribution is -2.04. The lowest BCUT2D eigenvalue weighted by molar-refractivity contribution is 0.606. The second kappa shape index (κ2) is 3.58. The van der Waals surface area contributed by atoms with Crippen molar-refractivity contribution in [3.8, 4) is 5.69 Å². The summed E-state index contributed by atoms with van der Waals surface area (Å²) in [5.41, 5.74) is 9.53. The van der Waals surface area contributed by atoms with Crippen molar-refractivity contribution in [3.63, 3.8) is 0 Å². The Hall–Kier alpha value is -1.84. The molecule has 0 aliphatic heterocycles. The van der Waals surface area contributed by atoms with Crippen LogP contribution in [-0.2, 0) is 12.8 Å². The second-order valence-corrected chi connectivity index (χ2v) is 4.53. The maximum atomic E-state index is 13.8. The van der Waals surface area contributed by atoms with Crippen molar-refractivity contribution in [1.29, 1.82) is 0 Å². The SMILES string of the molecule is Cc1ccc(F)c(-n2nc(N)c3c2CCC3)c1. The minimum absolute atomic E-state index is 0.257. The summed E-state index contributed by atoms with van der Waals surface area (Å²) < 4.78 is 15.5. The number of nitrogens with zero attached hydrogens (tertiary/aromatic N) is 2. The van der Waals surface area contributed by atoms with Gasteiger partial charge in [0.25, 0.3) is 0 Å². The highest BCUT2D eigenvalue weighted by atomic mass is 19.1. The molecule has 0 saturated heterocycles. The minimum atomic E-state index is -0.257. The molecule has 17 heavy (non-hydrogen) atoms. The molecule has 0 bridgehead atoms. The summed E-state index contributed by atoms with van der Waals surface area (Å²) in [6.07, 6.45) is 2.95. The standard InChI is InChI=1S/C13H14FN3/c1-8-5-6-10(14)12(7-8)17-11-4-2-3-9(11)13(15)16-17/h5-7H,2-4H2,1H3,(H2,15,16). The van der Waals surface area contributed by atoms with E-state index >= 15 is 0 Å². The third-order valence-electron chi connectivity index (χ3n) is 3.29. The van der Waals surface area contributed by atoms with Crippen LogP contribution in [0, 0.1) is 12.7 Å². The fraction of sp³-hybridized carbons (Fsp3) is 0.308. The molecule has 1 aliphatic carbocycles. The van der Waals surface area contributed by atoms with Gasteiger partial charge in [0, 0.05) is 11.3 Å². The summed E-state index contributed by atoms with van der Waals surface area (Å²) in [6.45, 7) is 1.94. The van der Waals surface area contributed by atoms with E-state index in [4.69, 9.17) is 5.73 Å². The zero-order valence-corrected chi connectivity index (χ0v) is 9.70. The first-order valence-corrected chi connectivity index (χ1v) is 5.79. The Kier molecular flexibility index (Phi) is 2.18. The number of aryl methyl sites for hydroxylation is 1. The third-order valence-corrected chi connectivity index (χ3v) is 3.29. The number of nitrogen functional groups attached to an aromatic ring is 1. The average molecular weight is 231 g/mol. The van der Waals surface area contributed by atoms with Crippen molar-refractivity contribution >= 4 is 5.82 Å². The van der Waals surface area contributed by atoms with Crippen molar-refractivity contribution < 1.29 is 4.39 Å². The molecule has 1 aromatic heterocycles. The number of hydrogen-bond donors (Lipinski definition) is 1. The monoisotopic (exact) mass is 231 g/mol. The summed E-state index contributed by atoms with van der Waals surface area (Å²) >= 11 is 0. The van der Waals surface area contributed by atoms with Gasteiger partial charge in [-0.15, -0.1) is 0 Å². The number of rotatable bonds is 1. The molecule has 3 rings (SSSR count). The Morgan fingerprint density at radius 1 is 1.35 bits per heavy atom. The van der Waals surface area contributed by atoms with Crippen LogP contribution in [0.3, 0.4) is 0 Å². The van der Waals surface area contributed by atoms with E-state index in [0.29, 0.717) is 11.5 Å². The van der Waals surface area contributed by atoms with E-state index in [1.54, 1.807) is 16.8 Å². The molecule has 0 radical (unpaired) electrons. The molecule has 1 aromatic carbocycles. The molecule has 88 valence electrons. The van der Waals surface area contributed by atoms with E-state index in [1.807, 2.05) is 6.92 Å². The zero-order valence-electron chi connectivity index (χ0n) is 9.70. The Balaban J connectivity index is 2.22. The Morgan fingerprint density at radius 3 is 3.00 bits per heavy atom. The summed E-state index contributed by atoms with van der Waals surface area (Å²) in [7, 11) is 0. The van der Waals surface area contributed by atoms with Gasteiger partial charge in [-0.1, -0.05) is 6.07 Å². The van der Waals surface area contributed by atoms with Crippen molar-refractivity contribution in [2.24, 2.45) is 0 Å². The molecule has 2 N–H and O–H groups in total. The zero-order chi connectivity index (χ0) is 12.0. The molecule has 0 spiro atoms. The van der Waals surface area contributed by atoms with Crippen molar-refractivity contribution in [1.82, 2.24) is 9.78 Å². The lowest BCUT2D eigenvalue weighted by Gasteiger charge is -2.07. The number of nitrogens with two attached hydrogens (primary N) is 1. The van der Waals surface area contributed by atoms with Crippen LogP contribution in [0.4, 0.5) is 10.2 Å². The molecule has 1 aliphatic rings. The smallest absolute Gasteiger partial charge is 0.149 e. The molecule has 0 fully saturated rings. The molecule has 0 saturated carbocycles. The molecule has 0 amide bonds. The first-order valence-electron chi connectivity index (χ1n) is 5.79. The highest BCUT2D eigenvalue weighted by Gasteiger charge is 2.22. The Labute approximate surface area is 99.1 Å². The first kappa shape index (κ1) is 10.3. The fourth-order valence-electron chi connectivity index (χ4n) is 2.45. The van der Waals surface area contributed by atoms with Crippen LogP contribution in [0.1, 0.15) is 23.2 Å². The van der Waals surface area contributed by atoms with Gasteiger partial charge in [-0.05, 0) is 43.9 Å². The normalized spacial score (nSPS) is 14.0. The fourth-order valence-corrected chi connectivity index (χ4v) is 2.45. The topological polar surface area (TPSA) is 43.8 Å². The van der Waals surface area contributed by atoms with Crippen molar-refractivity contribution in [2.45, 2.75) is 26.2 Å².